The molecule has 0 saturated carbocycles. The number of likely N-dealkylation sites (N-methyl/N-ethyl adjacent to an activating group) is 1. The summed E-state index contributed by atoms with van der Waals surface area (Å²) in [6.45, 7) is 1.46. The van der Waals surface area contributed by atoms with Gasteiger partial charge in [-0.2, -0.15) is 0 Å². The normalized spacial score (nSPS) is 15.6. The van der Waals surface area contributed by atoms with Gasteiger partial charge in [-0.25, -0.2) is 12.8 Å². The van der Waals surface area contributed by atoms with Crippen LogP contribution in [0.3, 0.4) is 0 Å². The van der Waals surface area contributed by atoms with E-state index in [0.717, 1.165) is 33.3 Å². The van der Waals surface area contributed by atoms with Gasteiger partial charge in [-0.1, -0.05) is 36.4 Å². The summed E-state index contributed by atoms with van der Waals surface area (Å²) >= 11 is 0. The smallest absolute Gasteiger partial charge is 0.265 e. The van der Waals surface area contributed by atoms with Gasteiger partial charge in [-0.05, 0) is 42.0 Å². The number of benzene rings is 3. The minimum absolute atomic E-state index is 0.0863. The molecule has 0 bridgehead atoms. The number of halogens is 1. The Kier molecular flexibility index (Phi) is 4.19. The highest BCUT2D eigenvalue weighted by Crippen LogP contribution is 2.37. The molecule has 3 aromatic rings. The van der Waals surface area contributed by atoms with Crippen molar-refractivity contribution in [1.82, 2.24) is 4.31 Å². The Hall–Kier alpha value is -3.19. The number of hydrogen-bond acceptors (Lipinski definition) is 4. The zero-order valence-corrected chi connectivity index (χ0v) is 15.7. The predicted molar refractivity (Wildman–Crippen MR) is 104 cm³/mol. The molecule has 0 unspecified atom stereocenters. The highest BCUT2D eigenvalue weighted by atomic mass is 32.2. The molecule has 142 valence electrons. The molecule has 0 amide bonds. The lowest BCUT2D eigenvalue weighted by atomic mass is 10.0. The van der Waals surface area contributed by atoms with Gasteiger partial charge >= 0.3 is 0 Å². The molecule has 1 N–H and O–H groups in total. The lowest BCUT2D eigenvalue weighted by Gasteiger charge is -2.30. The van der Waals surface area contributed by atoms with Crippen LogP contribution in [-0.2, 0) is 10.0 Å². The molecular formula is C21H16FNO4S. The maximum Gasteiger partial charge on any atom is 0.265 e. The fourth-order valence-corrected chi connectivity index (χ4v) is 5.10. The molecule has 28 heavy (non-hydrogen) atoms. The van der Waals surface area contributed by atoms with Crippen LogP contribution in [0.1, 0.15) is 22.8 Å². The second-order valence-corrected chi connectivity index (χ2v) is 8.23. The molecular weight excluding hydrogens is 381 g/mol. The lowest BCUT2D eigenvalue weighted by Crippen LogP contribution is -2.38. The van der Waals surface area contributed by atoms with E-state index in [1.54, 1.807) is 25.1 Å². The first-order valence-electron chi connectivity index (χ1n) is 8.64. The Balaban J connectivity index is 1.94. The summed E-state index contributed by atoms with van der Waals surface area (Å²) in [4.78, 5) is 12.8. The first-order valence-corrected chi connectivity index (χ1v) is 10.1. The number of carbonyl (C=O) groups excluding carboxylic acids is 1. The summed E-state index contributed by atoms with van der Waals surface area (Å²) in [5.41, 5.74) is -0.174. The average molecular weight is 397 g/mol. The number of ketones is 1. The molecule has 0 spiro atoms. The van der Waals surface area contributed by atoms with E-state index >= 15 is 0 Å². The number of aliphatic hydroxyl groups excluding tert-OH is 1. The first kappa shape index (κ1) is 18.2. The number of allylic oxidation sites excluding steroid dienone is 1. The summed E-state index contributed by atoms with van der Waals surface area (Å²) in [6.07, 6.45) is 0. The van der Waals surface area contributed by atoms with Crippen LogP contribution >= 0.6 is 0 Å². The van der Waals surface area contributed by atoms with Crippen LogP contribution in [0, 0.1) is 5.82 Å². The molecule has 5 nitrogen and oxygen atoms in total. The molecule has 0 saturated heterocycles. The van der Waals surface area contributed by atoms with Crippen molar-refractivity contribution in [3.05, 3.63) is 83.3 Å². The van der Waals surface area contributed by atoms with Crippen molar-refractivity contribution in [3.8, 4) is 0 Å². The molecule has 1 aliphatic rings. The van der Waals surface area contributed by atoms with Crippen molar-refractivity contribution in [2.75, 3.05) is 6.54 Å². The van der Waals surface area contributed by atoms with Crippen LogP contribution in [0.4, 0.5) is 4.39 Å². The predicted octanol–water partition coefficient (Wildman–Crippen LogP) is 4.11. The maximum atomic E-state index is 13.6. The second kappa shape index (κ2) is 6.45. The zero-order chi connectivity index (χ0) is 20.1. The van der Waals surface area contributed by atoms with Crippen molar-refractivity contribution in [1.29, 1.82) is 0 Å². The van der Waals surface area contributed by atoms with E-state index in [1.165, 1.54) is 0 Å². The molecule has 1 heterocycles. The fourth-order valence-electron chi connectivity index (χ4n) is 3.41. The van der Waals surface area contributed by atoms with E-state index in [1.807, 2.05) is 24.3 Å². The summed E-state index contributed by atoms with van der Waals surface area (Å²) < 4.78 is 40.3. The number of fused-ring (bicyclic) bond motifs is 2. The van der Waals surface area contributed by atoms with E-state index < -0.39 is 27.4 Å². The van der Waals surface area contributed by atoms with E-state index in [2.05, 4.69) is 0 Å². The highest BCUT2D eigenvalue weighted by Gasteiger charge is 2.39. The number of sulfonamides is 1. The second-order valence-electron chi connectivity index (χ2n) is 6.40. The number of hydrogen-bond donors (Lipinski definition) is 1. The van der Waals surface area contributed by atoms with E-state index in [4.69, 9.17) is 0 Å². The Morgan fingerprint density at radius 2 is 1.75 bits per heavy atom. The van der Waals surface area contributed by atoms with Crippen molar-refractivity contribution >= 4 is 32.3 Å². The van der Waals surface area contributed by atoms with Gasteiger partial charge in [0.05, 0.1) is 0 Å². The third-order valence-corrected chi connectivity index (χ3v) is 6.67. The summed E-state index contributed by atoms with van der Waals surface area (Å²) in [5.74, 6) is -1.84. The molecule has 7 heteroatoms. The number of aliphatic hydroxyl groups is 1. The third-order valence-electron chi connectivity index (χ3n) is 4.75. The Labute approximate surface area is 161 Å². The summed E-state index contributed by atoms with van der Waals surface area (Å²) in [6, 6.07) is 15.5. The van der Waals surface area contributed by atoms with Crippen LogP contribution < -0.4 is 0 Å². The molecule has 3 aromatic carbocycles. The number of carbonyl (C=O) groups is 1. The zero-order valence-electron chi connectivity index (χ0n) is 14.9. The highest BCUT2D eigenvalue weighted by molar-refractivity contribution is 7.89. The van der Waals surface area contributed by atoms with E-state index in [9.17, 15) is 22.7 Å². The molecule has 0 fully saturated rings. The number of Topliss-reactive ketones (excluding diaryl/α,β-unsaturated/α-hetero) is 1. The molecule has 4 rings (SSSR count). The summed E-state index contributed by atoms with van der Waals surface area (Å²) in [5, 5.41) is 12.5. The molecule has 0 radical (unpaired) electrons. The Bertz CT molecular complexity index is 1260. The van der Waals surface area contributed by atoms with Gasteiger partial charge in [0, 0.05) is 17.7 Å². The largest absolute Gasteiger partial charge is 0.505 e. The minimum atomic E-state index is -4.18. The van der Waals surface area contributed by atoms with Crippen LogP contribution in [0.5, 0.6) is 0 Å². The van der Waals surface area contributed by atoms with Gasteiger partial charge in [0.2, 0.25) is 5.78 Å². The van der Waals surface area contributed by atoms with Gasteiger partial charge in [0.1, 0.15) is 16.4 Å². The van der Waals surface area contributed by atoms with Crippen LogP contribution in [0.25, 0.3) is 16.5 Å². The standard InChI is InChI=1S/C21H16FNO4S/c1-2-23-19(20(24)15-8-7-13-5-3-4-6-14(13)11-15)21(25)17-10-9-16(22)12-18(17)28(23,26)27/h3-12,25H,2H2,1H3. The summed E-state index contributed by atoms with van der Waals surface area (Å²) in [7, 11) is -4.18. The van der Waals surface area contributed by atoms with Crippen molar-refractivity contribution in [2.24, 2.45) is 0 Å². The number of nitrogens with zero attached hydrogens (tertiary/aromatic N) is 1. The van der Waals surface area contributed by atoms with Gasteiger partial charge in [-0.15, -0.1) is 0 Å². The van der Waals surface area contributed by atoms with Crippen molar-refractivity contribution < 1.29 is 22.7 Å². The van der Waals surface area contributed by atoms with E-state index in [0.29, 0.717) is 0 Å². The van der Waals surface area contributed by atoms with Gasteiger partial charge < -0.3 is 5.11 Å². The molecule has 0 aromatic heterocycles. The average Bonchev–Trinajstić information content (AvgIpc) is 2.69. The maximum absolute atomic E-state index is 13.6. The van der Waals surface area contributed by atoms with E-state index in [-0.39, 0.29) is 28.3 Å². The molecule has 0 aliphatic carbocycles. The minimum Gasteiger partial charge on any atom is -0.505 e. The number of rotatable bonds is 3. The Morgan fingerprint density at radius 1 is 1.04 bits per heavy atom. The fraction of sp³-hybridized carbons (Fsp3) is 0.0952. The van der Waals surface area contributed by atoms with Crippen LogP contribution in [0.2, 0.25) is 0 Å². The van der Waals surface area contributed by atoms with Crippen LogP contribution in [0.15, 0.2) is 71.3 Å². The van der Waals surface area contributed by atoms with Crippen LogP contribution in [-0.4, -0.2) is 30.2 Å². The SMILES string of the molecule is CCN1C(C(=O)c2ccc3ccccc3c2)=C(O)c2ccc(F)cc2S1(=O)=O. The molecule has 1 aliphatic heterocycles. The monoisotopic (exact) mass is 397 g/mol. The van der Waals surface area contributed by atoms with Gasteiger partial charge in [0.25, 0.3) is 10.0 Å². The topological polar surface area (TPSA) is 74.7 Å². The Morgan fingerprint density at radius 3 is 2.46 bits per heavy atom. The first-order chi connectivity index (χ1) is 13.3. The molecule has 0 atom stereocenters. The van der Waals surface area contributed by atoms with Crippen molar-refractivity contribution in [3.63, 3.8) is 0 Å². The van der Waals surface area contributed by atoms with Gasteiger partial charge in [-0.3, -0.25) is 9.10 Å². The lowest BCUT2D eigenvalue weighted by molar-refractivity contribution is 0.101. The quantitative estimate of drug-likeness (QED) is 0.675. The van der Waals surface area contributed by atoms with Crippen molar-refractivity contribution in [2.45, 2.75) is 11.8 Å². The third kappa shape index (κ3) is 2.66. The van der Waals surface area contributed by atoms with Gasteiger partial charge in [0.15, 0.2) is 5.76 Å².